The van der Waals surface area contributed by atoms with Crippen LogP contribution >= 0.6 is 45.2 Å². The van der Waals surface area contributed by atoms with Crippen molar-refractivity contribution in [3.63, 3.8) is 0 Å². The van der Waals surface area contributed by atoms with Gasteiger partial charge >= 0.3 is 0 Å². The number of rotatable bonds is 3. The highest BCUT2D eigenvalue weighted by molar-refractivity contribution is 14.1. The average molecular weight is 659 g/mol. The molecule has 0 amide bonds. The Hall–Kier alpha value is -2.05. The Bertz CT molecular complexity index is 1380. The molecule has 0 radical (unpaired) electrons. The normalized spacial score (nSPS) is 18.9. The number of anilines is 1. The van der Waals surface area contributed by atoms with Crippen molar-refractivity contribution in [3.05, 3.63) is 72.4 Å². The van der Waals surface area contributed by atoms with E-state index in [1.165, 1.54) is 10.8 Å². The van der Waals surface area contributed by atoms with Gasteiger partial charge in [-0.3, -0.25) is 4.79 Å². The second-order valence-electron chi connectivity index (χ2n) is 9.42. The Morgan fingerprint density at radius 1 is 1.15 bits per heavy atom. The molecule has 5 heteroatoms. The van der Waals surface area contributed by atoms with E-state index in [1.54, 1.807) is 0 Å². The van der Waals surface area contributed by atoms with Crippen molar-refractivity contribution in [1.82, 2.24) is 0 Å². The van der Waals surface area contributed by atoms with Crippen LogP contribution in [0.4, 0.5) is 5.69 Å². The Kier molecular flexibility index (Phi) is 5.94. The minimum Gasteiger partial charge on any atom is -0.479 e. The van der Waals surface area contributed by atoms with Gasteiger partial charge in [0.05, 0.1) is 9.61 Å². The minimum absolute atomic E-state index is 0.0889. The molecule has 3 aromatic rings. The first-order valence-electron chi connectivity index (χ1n) is 10.9. The van der Waals surface area contributed by atoms with E-state index in [0.29, 0.717) is 6.42 Å². The molecule has 0 unspecified atom stereocenters. The SMILES string of the molecule is C#CCOc1c(I)cc(I)cc1[C@@H]1Nc2ccc3ccccc3c2C2=C1C(=O)CC(C)(C)C2. The summed E-state index contributed by atoms with van der Waals surface area (Å²) in [5.74, 6) is 3.53. The molecule has 33 heavy (non-hydrogen) atoms. The van der Waals surface area contributed by atoms with Crippen LogP contribution in [0.15, 0.2) is 54.1 Å². The number of hydrogen-bond acceptors (Lipinski definition) is 3. The summed E-state index contributed by atoms with van der Waals surface area (Å²) in [6.07, 6.45) is 6.89. The molecule has 5 rings (SSSR count). The Morgan fingerprint density at radius 3 is 2.73 bits per heavy atom. The van der Waals surface area contributed by atoms with Crippen LogP contribution in [-0.4, -0.2) is 12.4 Å². The van der Waals surface area contributed by atoms with Gasteiger partial charge in [-0.15, -0.1) is 6.42 Å². The van der Waals surface area contributed by atoms with E-state index in [-0.39, 0.29) is 23.8 Å². The fraction of sp³-hybridized carbons (Fsp3) is 0.250. The van der Waals surface area contributed by atoms with Crippen molar-refractivity contribution >= 4 is 73.0 Å². The minimum atomic E-state index is -0.284. The summed E-state index contributed by atoms with van der Waals surface area (Å²) in [6.45, 7) is 4.56. The zero-order valence-corrected chi connectivity index (χ0v) is 22.8. The molecule has 1 atom stereocenters. The lowest BCUT2D eigenvalue weighted by molar-refractivity contribution is -0.118. The maximum absolute atomic E-state index is 13.7. The number of terminal acetylenes is 1. The van der Waals surface area contributed by atoms with E-state index in [4.69, 9.17) is 11.2 Å². The fourth-order valence-corrected chi connectivity index (χ4v) is 7.18. The summed E-state index contributed by atoms with van der Waals surface area (Å²) < 4.78 is 8.10. The van der Waals surface area contributed by atoms with Crippen LogP contribution in [0.5, 0.6) is 5.75 Å². The van der Waals surface area contributed by atoms with Gasteiger partial charge in [0.25, 0.3) is 0 Å². The van der Waals surface area contributed by atoms with Gasteiger partial charge in [0.2, 0.25) is 0 Å². The third-order valence-electron chi connectivity index (χ3n) is 6.39. The van der Waals surface area contributed by atoms with Crippen LogP contribution in [0.1, 0.15) is 43.9 Å². The first kappa shape index (κ1) is 22.7. The molecule has 3 nitrogen and oxygen atoms in total. The first-order chi connectivity index (χ1) is 15.8. The highest BCUT2D eigenvalue weighted by atomic mass is 127. The molecule has 0 saturated carbocycles. The van der Waals surface area contributed by atoms with Crippen molar-refractivity contribution in [2.45, 2.75) is 32.7 Å². The molecule has 1 aliphatic carbocycles. The second kappa shape index (κ2) is 8.62. The number of nitrogens with one attached hydrogen (secondary N) is 1. The van der Waals surface area contributed by atoms with Crippen LogP contribution < -0.4 is 10.1 Å². The third kappa shape index (κ3) is 4.06. The number of hydrogen-bond donors (Lipinski definition) is 1. The zero-order valence-electron chi connectivity index (χ0n) is 18.5. The van der Waals surface area contributed by atoms with Gasteiger partial charge in [0, 0.05) is 32.4 Å². The quantitative estimate of drug-likeness (QED) is 0.236. The molecule has 1 aliphatic heterocycles. The number of ketones is 1. The molecule has 0 spiro atoms. The summed E-state index contributed by atoms with van der Waals surface area (Å²) in [6, 6.07) is 16.6. The Balaban J connectivity index is 1.80. The molecule has 2 aliphatic rings. The largest absolute Gasteiger partial charge is 0.479 e. The van der Waals surface area contributed by atoms with Gasteiger partial charge in [0.1, 0.15) is 12.4 Å². The van der Waals surface area contributed by atoms with E-state index in [1.807, 2.05) is 0 Å². The summed E-state index contributed by atoms with van der Waals surface area (Å²) in [5, 5.41) is 6.08. The number of carbonyl (C=O) groups excluding carboxylic acids is 1. The smallest absolute Gasteiger partial charge is 0.162 e. The van der Waals surface area contributed by atoms with Gasteiger partial charge in [-0.05, 0) is 91.6 Å². The van der Waals surface area contributed by atoms with Crippen molar-refractivity contribution in [1.29, 1.82) is 0 Å². The summed E-state index contributed by atoms with van der Waals surface area (Å²) in [4.78, 5) is 13.7. The monoisotopic (exact) mass is 659 g/mol. The fourth-order valence-electron chi connectivity index (χ4n) is 5.13. The van der Waals surface area contributed by atoms with Crippen LogP contribution in [0.2, 0.25) is 0 Å². The van der Waals surface area contributed by atoms with Gasteiger partial charge in [0.15, 0.2) is 5.78 Å². The van der Waals surface area contributed by atoms with Gasteiger partial charge in [-0.2, -0.15) is 0 Å². The number of allylic oxidation sites excluding steroid dienone is 1. The molecule has 0 bridgehead atoms. The van der Waals surface area contributed by atoms with Crippen LogP contribution in [-0.2, 0) is 4.79 Å². The standard InChI is InChI=1S/C28H23I2NO2/c1-4-11-33-27-19(12-17(29)13-21(27)30)26-25-20(14-28(2,3)15-23(25)32)24-18-8-6-5-7-16(18)9-10-22(24)31-26/h1,5-10,12-13,26,31H,11,14-15H2,2-3H3/t26-/m0/s1. The highest BCUT2D eigenvalue weighted by Gasteiger charge is 2.41. The Morgan fingerprint density at radius 2 is 1.94 bits per heavy atom. The molecule has 0 aromatic heterocycles. The molecule has 0 fully saturated rings. The van der Waals surface area contributed by atoms with Crippen LogP contribution in [0.25, 0.3) is 16.3 Å². The predicted molar refractivity (Wildman–Crippen MR) is 151 cm³/mol. The summed E-state index contributed by atoms with van der Waals surface area (Å²) in [7, 11) is 0. The maximum Gasteiger partial charge on any atom is 0.162 e. The lowest BCUT2D eigenvalue weighted by Crippen LogP contribution is -2.33. The van der Waals surface area contributed by atoms with Crippen LogP contribution in [0.3, 0.4) is 0 Å². The Labute approximate surface area is 221 Å². The van der Waals surface area contributed by atoms with Crippen molar-refractivity contribution in [2.24, 2.45) is 5.41 Å². The summed E-state index contributed by atoms with van der Waals surface area (Å²) >= 11 is 4.61. The molecule has 3 aromatic carbocycles. The van der Waals surface area contributed by atoms with Crippen molar-refractivity contribution in [3.8, 4) is 18.1 Å². The van der Waals surface area contributed by atoms with E-state index >= 15 is 0 Å². The predicted octanol–water partition coefficient (Wildman–Crippen LogP) is 7.37. The van der Waals surface area contributed by atoms with Crippen LogP contribution in [0, 0.1) is 24.9 Å². The molecule has 1 heterocycles. The van der Waals surface area contributed by atoms with Crippen molar-refractivity contribution in [2.75, 3.05) is 11.9 Å². The van der Waals surface area contributed by atoms with Gasteiger partial charge in [-0.25, -0.2) is 0 Å². The molecule has 1 N–H and O–H groups in total. The van der Waals surface area contributed by atoms with Gasteiger partial charge in [-0.1, -0.05) is 50.1 Å². The number of ether oxygens (including phenoxy) is 1. The number of benzene rings is 3. The molecular formula is C28H23I2NO2. The number of fused-ring (bicyclic) bond motifs is 4. The van der Waals surface area contributed by atoms with Gasteiger partial charge < -0.3 is 10.1 Å². The van der Waals surface area contributed by atoms with E-state index in [0.717, 1.165) is 47.3 Å². The van der Waals surface area contributed by atoms with E-state index < -0.39 is 0 Å². The topological polar surface area (TPSA) is 38.3 Å². The lowest BCUT2D eigenvalue weighted by atomic mass is 9.68. The maximum atomic E-state index is 13.7. The van der Waals surface area contributed by atoms with E-state index in [2.05, 4.69) is 119 Å². The zero-order chi connectivity index (χ0) is 23.3. The lowest BCUT2D eigenvalue weighted by Gasteiger charge is -2.40. The number of Topliss-reactive ketones (excluding diaryl/α,β-unsaturated/α-hetero) is 1. The van der Waals surface area contributed by atoms with Crippen molar-refractivity contribution < 1.29 is 9.53 Å². The second-order valence-corrected chi connectivity index (χ2v) is 11.8. The molecule has 166 valence electrons. The third-order valence-corrected chi connectivity index (χ3v) is 7.81. The number of halogens is 2. The average Bonchev–Trinajstić information content (AvgIpc) is 2.76. The number of carbonyl (C=O) groups is 1. The highest BCUT2D eigenvalue weighted by Crippen LogP contribution is 2.53. The van der Waals surface area contributed by atoms with E-state index in [9.17, 15) is 4.79 Å². The first-order valence-corrected chi connectivity index (χ1v) is 13.0. The molecule has 0 saturated heterocycles. The molecular weight excluding hydrogens is 636 g/mol. The summed E-state index contributed by atoms with van der Waals surface area (Å²) in [5.41, 5.74) is 5.10.